The molecule has 1 N–H and O–H groups in total. The van der Waals surface area contributed by atoms with Gasteiger partial charge in [0.1, 0.15) is 17.8 Å². The Morgan fingerprint density at radius 3 is 2.22 bits per heavy atom. The summed E-state index contributed by atoms with van der Waals surface area (Å²) in [6.07, 6.45) is 1.57. The first kappa shape index (κ1) is 24.7. The van der Waals surface area contributed by atoms with Gasteiger partial charge in [-0.25, -0.2) is 9.59 Å². The van der Waals surface area contributed by atoms with E-state index >= 15 is 0 Å². The number of fused-ring (bicyclic) bond motifs is 1. The van der Waals surface area contributed by atoms with E-state index in [1.165, 1.54) is 0 Å². The van der Waals surface area contributed by atoms with Crippen molar-refractivity contribution in [2.24, 2.45) is 5.92 Å². The van der Waals surface area contributed by atoms with Crippen molar-refractivity contribution in [1.82, 2.24) is 0 Å². The van der Waals surface area contributed by atoms with Gasteiger partial charge in [0.2, 0.25) is 0 Å². The molecular weight excluding hydrogens is 412 g/mol. The van der Waals surface area contributed by atoms with Crippen LogP contribution in [0.4, 0.5) is 0 Å². The fourth-order valence-corrected chi connectivity index (χ4v) is 4.32. The molecule has 0 aromatic carbocycles. The number of epoxide rings is 2. The number of aliphatic hydroxyl groups excluding tert-OH is 1. The monoisotopic (exact) mass is 448 g/mol. The number of hydrogen-bond donors (Lipinski definition) is 1. The van der Waals surface area contributed by atoms with E-state index in [2.05, 4.69) is 6.58 Å². The summed E-state index contributed by atoms with van der Waals surface area (Å²) < 4.78 is 23.0. The van der Waals surface area contributed by atoms with Crippen molar-refractivity contribution >= 4 is 11.9 Å². The molecule has 3 rings (SSSR count). The number of esters is 2. The van der Waals surface area contributed by atoms with E-state index in [1.807, 2.05) is 20.8 Å². The van der Waals surface area contributed by atoms with Crippen LogP contribution in [0.25, 0.3) is 0 Å². The molecule has 3 aliphatic rings. The topological polar surface area (TPSA) is 97.9 Å². The maximum atomic E-state index is 12.5. The van der Waals surface area contributed by atoms with Gasteiger partial charge in [0.15, 0.2) is 6.10 Å². The molecule has 32 heavy (non-hydrogen) atoms. The van der Waals surface area contributed by atoms with Gasteiger partial charge in [-0.1, -0.05) is 18.7 Å². The van der Waals surface area contributed by atoms with E-state index in [-0.39, 0.29) is 17.8 Å². The molecule has 7 atom stereocenters. The van der Waals surface area contributed by atoms with Gasteiger partial charge in [-0.05, 0) is 60.5 Å². The van der Waals surface area contributed by atoms with E-state index in [0.29, 0.717) is 29.6 Å². The minimum Gasteiger partial charge on any atom is -0.454 e. The maximum absolute atomic E-state index is 12.5. The van der Waals surface area contributed by atoms with Gasteiger partial charge < -0.3 is 24.1 Å². The van der Waals surface area contributed by atoms with Crippen LogP contribution in [0.1, 0.15) is 61.3 Å². The SMILES string of the molecule is C=C(C(CC1OC1(C)C)OC(=O)/C(C)=C\C)[C@H]1C[C@H]2O[C@@]2(C)[C@@H](OC(=O)/C(C)=C\C)[C@H]1O. The molecule has 2 saturated heterocycles. The highest BCUT2D eigenvalue weighted by atomic mass is 16.7. The summed E-state index contributed by atoms with van der Waals surface area (Å²) in [5.41, 5.74) is 0.527. The average molecular weight is 449 g/mol. The molecule has 2 aliphatic heterocycles. The van der Waals surface area contributed by atoms with Crippen LogP contribution < -0.4 is 0 Å². The zero-order valence-electron chi connectivity index (χ0n) is 20.1. The van der Waals surface area contributed by atoms with Crippen molar-refractivity contribution < 1.29 is 33.6 Å². The van der Waals surface area contributed by atoms with Crippen LogP contribution in [0.5, 0.6) is 0 Å². The lowest BCUT2D eigenvalue weighted by Gasteiger charge is -2.38. The highest BCUT2D eigenvalue weighted by Gasteiger charge is 2.67. The first-order valence-electron chi connectivity index (χ1n) is 11.3. The molecule has 7 heteroatoms. The Labute approximate surface area is 190 Å². The minimum absolute atomic E-state index is 0.0721. The predicted molar refractivity (Wildman–Crippen MR) is 119 cm³/mol. The Morgan fingerprint density at radius 1 is 1.12 bits per heavy atom. The second-order valence-electron chi connectivity index (χ2n) is 9.81. The lowest BCUT2D eigenvalue weighted by Crippen LogP contribution is -2.52. The number of ether oxygens (including phenoxy) is 4. The van der Waals surface area contributed by atoms with Crippen molar-refractivity contribution in [2.75, 3.05) is 0 Å². The summed E-state index contributed by atoms with van der Waals surface area (Å²) >= 11 is 0. The van der Waals surface area contributed by atoms with E-state index < -0.39 is 41.8 Å². The Balaban J connectivity index is 1.80. The third-order valence-corrected chi connectivity index (χ3v) is 7.21. The molecule has 0 aromatic heterocycles. The molecule has 7 nitrogen and oxygen atoms in total. The van der Waals surface area contributed by atoms with E-state index in [9.17, 15) is 14.7 Å². The zero-order chi connectivity index (χ0) is 24.0. The number of allylic oxidation sites excluding steroid dienone is 2. The van der Waals surface area contributed by atoms with Crippen LogP contribution in [-0.2, 0) is 28.5 Å². The third kappa shape index (κ3) is 4.70. The summed E-state index contributed by atoms with van der Waals surface area (Å²) in [7, 11) is 0. The molecule has 0 amide bonds. The van der Waals surface area contributed by atoms with Gasteiger partial charge in [-0.3, -0.25) is 0 Å². The Morgan fingerprint density at radius 2 is 1.69 bits per heavy atom. The van der Waals surface area contributed by atoms with Gasteiger partial charge in [-0.15, -0.1) is 0 Å². The Hall–Kier alpha value is -1.96. The van der Waals surface area contributed by atoms with E-state index in [1.54, 1.807) is 39.8 Å². The van der Waals surface area contributed by atoms with Crippen molar-refractivity contribution in [1.29, 1.82) is 0 Å². The maximum Gasteiger partial charge on any atom is 0.333 e. The van der Waals surface area contributed by atoms with Crippen LogP contribution in [0.2, 0.25) is 0 Å². The van der Waals surface area contributed by atoms with Crippen LogP contribution in [0.15, 0.2) is 35.5 Å². The average Bonchev–Trinajstić information content (AvgIpc) is 3.60. The Bertz CT molecular complexity index is 854. The number of hydrogen-bond acceptors (Lipinski definition) is 7. The third-order valence-electron chi connectivity index (χ3n) is 7.21. The van der Waals surface area contributed by atoms with Crippen molar-refractivity contribution in [3.63, 3.8) is 0 Å². The van der Waals surface area contributed by atoms with Crippen LogP contribution in [0.3, 0.4) is 0 Å². The number of carbonyl (C=O) groups is 2. The molecule has 1 aliphatic carbocycles. The molecule has 0 spiro atoms. The van der Waals surface area contributed by atoms with Gasteiger partial charge in [0.05, 0.1) is 17.8 Å². The van der Waals surface area contributed by atoms with E-state index in [4.69, 9.17) is 18.9 Å². The molecule has 2 unspecified atom stereocenters. The van der Waals surface area contributed by atoms with E-state index in [0.717, 1.165) is 0 Å². The van der Waals surface area contributed by atoms with Crippen LogP contribution in [0, 0.1) is 5.92 Å². The molecule has 2 heterocycles. The van der Waals surface area contributed by atoms with Crippen molar-refractivity contribution in [2.45, 2.75) is 103 Å². The lowest BCUT2D eigenvalue weighted by molar-refractivity contribution is -0.159. The normalized spacial score (nSPS) is 36.6. The molecular formula is C25H36O7. The van der Waals surface area contributed by atoms with Crippen molar-refractivity contribution in [3.8, 4) is 0 Å². The standard InChI is InChI=1S/C25H36O7/c1-9-13(3)22(27)29-17(12-18-24(6,7)31-18)15(5)16-11-19-25(8,32-19)21(20(16)26)30-23(28)14(4)10-2/h9-10,16-21,26H,5,11-12H2,1-4,6-8H3/b13-9-,14-10-/t16-,17?,18?,19-,20+,21+,25-/m1/s1. The molecule has 178 valence electrons. The van der Waals surface area contributed by atoms with Gasteiger partial charge in [-0.2, -0.15) is 0 Å². The quantitative estimate of drug-likeness (QED) is 0.263. The predicted octanol–water partition coefficient (Wildman–Crippen LogP) is 3.40. The highest BCUT2D eigenvalue weighted by Crippen LogP contribution is 2.53. The lowest BCUT2D eigenvalue weighted by atomic mass is 9.73. The van der Waals surface area contributed by atoms with Gasteiger partial charge >= 0.3 is 11.9 Å². The molecule has 1 saturated carbocycles. The summed E-state index contributed by atoms with van der Waals surface area (Å²) in [6, 6.07) is 0. The van der Waals surface area contributed by atoms with Gasteiger partial charge in [0.25, 0.3) is 0 Å². The fourth-order valence-electron chi connectivity index (χ4n) is 4.32. The van der Waals surface area contributed by atoms with Crippen molar-refractivity contribution in [3.05, 3.63) is 35.5 Å². The molecule has 0 aromatic rings. The molecule has 0 bridgehead atoms. The largest absolute Gasteiger partial charge is 0.454 e. The number of aliphatic hydroxyl groups is 1. The highest BCUT2D eigenvalue weighted by molar-refractivity contribution is 5.88. The van der Waals surface area contributed by atoms with Gasteiger partial charge in [0, 0.05) is 23.5 Å². The first-order chi connectivity index (χ1) is 14.9. The first-order valence-corrected chi connectivity index (χ1v) is 11.3. The summed E-state index contributed by atoms with van der Waals surface area (Å²) in [5.74, 6) is -1.37. The van der Waals surface area contributed by atoms with Crippen LogP contribution >= 0.6 is 0 Å². The van der Waals surface area contributed by atoms with Crippen LogP contribution in [-0.4, -0.2) is 58.8 Å². The molecule has 3 fully saturated rings. The summed E-state index contributed by atoms with van der Waals surface area (Å²) in [5, 5.41) is 11.2. The summed E-state index contributed by atoms with van der Waals surface area (Å²) in [4.78, 5) is 24.9. The second-order valence-corrected chi connectivity index (χ2v) is 9.81. The zero-order valence-corrected chi connectivity index (χ0v) is 20.1. The fraction of sp³-hybridized carbons (Fsp3) is 0.680. The number of rotatable bonds is 8. The smallest absolute Gasteiger partial charge is 0.333 e. The Kier molecular flexibility index (Phi) is 6.76. The number of carbonyl (C=O) groups excluding carboxylic acids is 2. The molecule has 0 radical (unpaired) electrons. The minimum atomic E-state index is -1.03. The summed E-state index contributed by atoms with van der Waals surface area (Å²) in [6.45, 7) is 16.9. The second kappa shape index (κ2) is 8.76.